The third-order valence-corrected chi connectivity index (χ3v) is 3.57. The van der Waals surface area contributed by atoms with Crippen LogP contribution in [0.15, 0.2) is 36.4 Å². The molecular formula is C18H22N2O4. The van der Waals surface area contributed by atoms with Crippen molar-refractivity contribution >= 4 is 17.3 Å². The number of methoxy groups -OCH3 is 3. The van der Waals surface area contributed by atoms with E-state index < -0.39 is 0 Å². The van der Waals surface area contributed by atoms with Crippen molar-refractivity contribution in [2.75, 3.05) is 32.4 Å². The fraction of sp³-hybridized carbons (Fsp3) is 0.278. The Bertz CT molecular complexity index is 694. The van der Waals surface area contributed by atoms with E-state index >= 15 is 0 Å². The third-order valence-electron chi connectivity index (χ3n) is 3.57. The third kappa shape index (κ3) is 4.55. The molecule has 6 heteroatoms. The zero-order chi connectivity index (χ0) is 17.5. The van der Waals surface area contributed by atoms with Crippen LogP contribution in [-0.2, 0) is 11.2 Å². The van der Waals surface area contributed by atoms with Crippen molar-refractivity contribution in [1.82, 2.24) is 0 Å². The Balaban J connectivity index is 1.97. The zero-order valence-electron chi connectivity index (χ0n) is 14.1. The average molecular weight is 330 g/mol. The molecule has 0 aliphatic carbocycles. The minimum Gasteiger partial charge on any atom is -0.497 e. The maximum absolute atomic E-state index is 12.1. The predicted octanol–water partition coefficient (Wildman–Crippen LogP) is 2.87. The van der Waals surface area contributed by atoms with Gasteiger partial charge >= 0.3 is 0 Å². The normalized spacial score (nSPS) is 10.1. The van der Waals surface area contributed by atoms with E-state index in [9.17, 15) is 4.79 Å². The van der Waals surface area contributed by atoms with Crippen LogP contribution in [0.2, 0.25) is 0 Å². The van der Waals surface area contributed by atoms with Gasteiger partial charge in [0.15, 0.2) is 0 Å². The van der Waals surface area contributed by atoms with Gasteiger partial charge in [0.1, 0.15) is 17.2 Å². The molecular weight excluding hydrogens is 308 g/mol. The lowest BCUT2D eigenvalue weighted by Gasteiger charge is -2.10. The first-order valence-electron chi connectivity index (χ1n) is 7.51. The van der Waals surface area contributed by atoms with E-state index in [1.54, 1.807) is 45.6 Å². The van der Waals surface area contributed by atoms with E-state index in [0.717, 1.165) is 5.56 Å². The molecule has 3 N–H and O–H groups in total. The Labute approximate surface area is 141 Å². The molecule has 0 spiro atoms. The second-order valence-electron chi connectivity index (χ2n) is 5.23. The summed E-state index contributed by atoms with van der Waals surface area (Å²) in [6.45, 7) is 0. The largest absolute Gasteiger partial charge is 0.497 e. The van der Waals surface area contributed by atoms with Crippen LogP contribution in [0.1, 0.15) is 12.0 Å². The lowest BCUT2D eigenvalue weighted by molar-refractivity contribution is -0.116. The standard InChI is InChI=1S/C18H22N2O4/c1-22-14-8-12(9-15(11-14)23-2)4-7-18(21)20-13-5-6-17(24-3)16(19)10-13/h5-6,8-11H,4,7,19H2,1-3H3,(H,20,21). The summed E-state index contributed by atoms with van der Waals surface area (Å²) in [7, 11) is 4.74. The van der Waals surface area contributed by atoms with Crippen molar-refractivity contribution in [3.63, 3.8) is 0 Å². The fourth-order valence-corrected chi connectivity index (χ4v) is 2.30. The van der Waals surface area contributed by atoms with Gasteiger partial charge in [0, 0.05) is 18.2 Å². The Morgan fingerprint density at radius 1 is 1.00 bits per heavy atom. The summed E-state index contributed by atoms with van der Waals surface area (Å²) in [5.41, 5.74) is 7.92. The molecule has 0 aliphatic heterocycles. The van der Waals surface area contributed by atoms with Crippen LogP contribution in [0.3, 0.4) is 0 Å². The second-order valence-corrected chi connectivity index (χ2v) is 5.23. The summed E-state index contributed by atoms with van der Waals surface area (Å²) in [5.74, 6) is 1.89. The average Bonchev–Trinajstić information content (AvgIpc) is 2.59. The molecule has 24 heavy (non-hydrogen) atoms. The zero-order valence-corrected chi connectivity index (χ0v) is 14.1. The number of benzene rings is 2. The summed E-state index contributed by atoms with van der Waals surface area (Å²) < 4.78 is 15.5. The Hall–Kier alpha value is -2.89. The minimum atomic E-state index is -0.0960. The van der Waals surface area contributed by atoms with Gasteiger partial charge in [0.25, 0.3) is 0 Å². The summed E-state index contributed by atoms with van der Waals surface area (Å²) in [6, 6.07) is 10.7. The highest BCUT2D eigenvalue weighted by Crippen LogP contribution is 2.25. The summed E-state index contributed by atoms with van der Waals surface area (Å²) in [5, 5.41) is 2.82. The number of amides is 1. The molecule has 0 aliphatic rings. The molecule has 2 aromatic rings. The van der Waals surface area contributed by atoms with Crippen molar-refractivity contribution in [2.24, 2.45) is 0 Å². The summed E-state index contributed by atoms with van der Waals surface area (Å²) in [6.07, 6.45) is 0.910. The van der Waals surface area contributed by atoms with Crippen LogP contribution in [-0.4, -0.2) is 27.2 Å². The van der Waals surface area contributed by atoms with E-state index in [1.807, 2.05) is 12.1 Å². The maximum Gasteiger partial charge on any atom is 0.224 e. The van der Waals surface area contributed by atoms with Crippen LogP contribution < -0.4 is 25.3 Å². The molecule has 0 bridgehead atoms. The lowest BCUT2D eigenvalue weighted by Crippen LogP contribution is -2.12. The Morgan fingerprint density at radius 2 is 1.67 bits per heavy atom. The lowest BCUT2D eigenvalue weighted by atomic mass is 10.1. The van der Waals surface area contributed by atoms with Gasteiger partial charge in [0.2, 0.25) is 5.91 Å². The molecule has 0 heterocycles. The first kappa shape index (κ1) is 17.5. The first-order chi connectivity index (χ1) is 11.5. The number of aryl methyl sites for hydroxylation is 1. The molecule has 2 rings (SSSR count). The van der Waals surface area contributed by atoms with Crippen LogP contribution >= 0.6 is 0 Å². The van der Waals surface area contributed by atoms with Crippen molar-refractivity contribution in [3.8, 4) is 17.2 Å². The van der Waals surface area contributed by atoms with E-state index in [2.05, 4.69) is 5.32 Å². The smallest absolute Gasteiger partial charge is 0.224 e. The predicted molar refractivity (Wildman–Crippen MR) is 93.9 cm³/mol. The van der Waals surface area contributed by atoms with Crippen LogP contribution in [0.25, 0.3) is 0 Å². The van der Waals surface area contributed by atoms with Crippen molar-refractivity contribution in [3.05, 3.63) is 42.0 Å². The van der Waals surface area contributed by atoms with E-state index in [-0.39, 0.29) is 5.91 Å². The Morgan fingerprint density at radius 3 is 2.21 bits per heavy atom. The molecule has 0 aromatic heterocycles. The highest BCUT2D eigenvalue weighted by molar-refractivity contribution is 5.91. The van der Waals surface area contributed by atoms with Gasteiger partial charge in [-0.2, -0.15) is 0 Å². The summed E-state index contributed by atoms with van der Waals surface area (Å²) >= 11 is 0. The highest BCUT2D eigenvalue weighted by Gasteiger charge is 2.08. The number of anilines is 2. The molecule has 6 nitrogen and oxygen atoms in total. The second kappa shape index (κ2) is 8.10. The van der Waals surface area contributed by atoms with Crippen molar-refractivity contribution < 1.29 is 19.0 Å². The van der Waals surface area contributed by atoms with Crippen LogP contribution in [0, 0.1) is 0 Å². The number of nitrogens with one attached hydrogen (secondary N) is 1. The van der Waals surface area contributed by atoms with Gasteiger partial charge in [-0.25, -0.2) is 0 Å². The molecule has 0 unspecified atom stereocenters. The molecule has 128 valence electrons. The molecule has 0 radical (unpaired) electrons. The number of hydrogen-bond donors (Lipinski definition) is 2. The highest BCUT2D eigenvalue weighted by atomic mass is 16.5. The molecule has 0 atom stereocenters. The maximum atomic E-state index is 12.1. The van der Waals surface area contributed by atoms with E-state index in [0.29, 0.717) is 41.5 Å². The van der Waals surface area contributed by atoms with Crippen LogP contribution in [0.5, 0.6) is 17.2 Å². The topological polar surface area (TPSA) is 82.8 Å². The van der Waals surface area contributed by atoms with Gasteiger partial charge in [-0.1, -0.05) is 0 Å². The molecule has 0 saturated heterocycles. The SMILES string of the molecule is COc1cc(CCC(=O)Nc2ccc(OC)c(N)c2)cc(OC)c1. The van der Waals surface area contributed by atoms with Gasteiger partial charge in [-0.15, -0.1) is 0 Å². The Kier molecular flexibility index (Phi) is 5.89. The van der Waals surface area contributed by atoms with Crippen molar-refractivity contribution in [1.29, 1.82) is 0 Å². The van der Waals surface area contributed by atoms with Gasteiger partial charge < -0.3 is 25.3 Å². The number of nitrogens with two attached hydrogens (primary N) is 1. The quantitative estimate of drug-likeness (QED) is 0.763. The van der Waals surface area contributed by atoms with Gasteiger partial charge in [0.05, 0.1) is 27.0 Å². The number of hydrogen-bond acceptors (Lipinski definition) is 5. The summed E-state index contributed by atoms with van der Waals surface area (Å²) in [4.78, 5) is 12.1. The number of carbonyl (C=O) groups excluding carboxylic acids is 1. The number of carbonyl (C=O) groups is 1. The fourth-order valence-electron chi connectivity index (χ4n) is 2.30. The monoisotopic (exact) mass is 330 g/mol. The molecule has 0 saturated carbocycles. The molecule has 1 amide bonds. The molecule has 2 aromatic carbocycles. The van der Waals surface area contributed by atoms with E-state index in [4.69, 9.17) is 19.9 Å². The van der Waals surface area contributed by atoms with Crippen molar-refractivity contribution in [2.45, 2.75) is 12.8 Å². The van der Waals surface area contributed by atoms with Gasteiger partial charge in [-0.3, -0.25) is 4.79 Å². The van der Waals surface area contributed by atoms with Gasteiger partial charge in [-0.05, 0) is 42.3 Å². The van der Waals surface area contributed by atoms with Crippen LogP contribution in [0.4, 0.5) is 11.4 Å². The molecule has 0 fully saturated rings. The minimum absolute atomic E-state index is 0.0960. The number of nitrogen functional groups attached to an aromatic ring is 1. The number of rotatable bonds is 7. The number of ether oxygens (including phenoxy) is 3. The van der Waals surface area contributed by atoms with E-state index in [1.165, 1.54) is 0 Å². The first-order valence-corrected chi connectivity index (χ1v) is 7.51.